The molecule has 1 aliphatic carbocycles. The van der Waals surface area contributed by atoms with Gasteiger partial charge in [-0.25, -0.2) is 0 Å². The third-order valence-corrected chi connectivity index (χ3v) is 3.58. The number of H-pyrrole nitrogens is 1. The lowest BCUT2D eigenvalue weighted by atomic mass is 9.84. The number of fused-ring (bicyclic) bond motifs is 1. The molecule has 1 radical (unpaired) electrons. The van der Waals surface area contributed by atoms with E-state index in [1.165, 1.54) is 48.6 Å². The summed E-state index contributed by atoms with van der Waals surface area (Å²) in [5, 5.41) is 1.23. The summed E-state index contributed by atoms with van der Waals surface area (Å²) >= 11 is 0. The van der Waals surface area contributed by atoms with Crippen LogP contribution < -0.4 is 0 Å². The number of nitrogens with one attached hydrogen (secondary N) is 1. The van der Waals surface area contributed by atoms with Crippen molar-refractivity contribution in [3.05, 3.63) is 36.0 Å². The molecule has 15 heavy (non-hydrogen) atoms. The lowest BCUT2D eigenvalue weighted by Gasteiger charge is -2.21. The van der Waals surface area contributed by atoms with Gasteiger partial charge in [0.15, 0.2) is 0 Å². The number of benzene rings is 1. The predicted octanol–water partition coefficient (Wildman–Crippen LogP) is 4.02. The maximum absolute atomic E-state index is 3.24. The van der Waals surface area contributed by atoms with Gasteiger partial charge >= 0.3 is 0 Å². The zero-order valence-corrected chi connectivity index (χ0v) is 8.92. The zero-order valence-electron chi connectivity index (χ0n) is 8.92. The van der Waals surface area contributed by atoms with Gasteiger partial charge in [0.25, 0.3) is 0 Å². The highest BCUT2D eigenvalue weighted by atomic mass is 14.7. The molecule has 2 aromatic rings. The van der Waals surface area contributed by atoms with Gasteiger partial charge in [-0.3, -0.25) is 0 Å². The summed E-state index contributed by atoms with van der Waals surface area (Å²) in [6.45, 7) is 0. The molecule has 1 fully saturated rings. The Labute approximate surface area is 90.5 Å². The molecule has 1 aliphatic rings. The Balaban J connectivity index is 1.95. The van der Waals surface area contributed by atoms with Crippen LogP contribution in [0.3, 0.4) is 0 Å². The smallest absolute Gasteiger partial charge is 0.0460 e. The van der Waals surface area contributed by atoms with Crippen LogP contribution in [0.5, 0.6) is 0 Å². The number of rotatable bonds is 1. The summed E-state index contributed by atoms with van der Waals surface area (Å²) in [6, 6.07) is 10.0. The van der Waals surface area contributed by atoms with Crippen LogP contribution in [0.4, 0.5) is 0 Å². The highest BCUT2D eigenvalue weighted by Crippen LogP contribution is 2.33. The number of hydrogen-bond acceptors (Lipinski definition) is 0. The van der Waals surface area contributed by atoms with E-state index in [1.807, 2.05) is 6.20 Å². The molecule has 1 saturated carbocycles. The van der Waals surface area contributed by atoms with E-state index in [9.17, 15) is 0 Å². The van der Waals surface area contributed by atoms with E-state index in [0.717, 1.165) is 5.92 Å². The monoisotopic (exact) mass is 198 g/mol. The van der Waals surface area contributed by atoms with Gasteiger partial charge in [-0.2, -0.15) is 0 Å². The molecule has 0 bridgehead atoms. The molecular weight excluding hydrogens is 182 g/mol. The molecule has 77 valence electrons. The molecule has 1 aromatic carbocycles. The second-order valence-electron chi connectivity index (χ2n) is 4.57. The minimum absolute atomic E-state index is 0.798. The van der Waals surface area contributed by atoms with Crippen molar-refractivity contribution < 1.29 is 0 Å². The molecule has 0 atom stereocenters. The Bertz CT molecular complexity index is 449. The second-order valence-corrected chi connectivity index (χ2v) is 4.57. The van der Waals surface area contributed by atoms with Crippen molar-refractivity contribution in [3.8, 4) is 0 Å². The summed E-state index contributed by atoms with van der Waals surface area (Å²) in [5.74, 6) is 0.798. The van der Waals surface area contributed by atoms with Gasteiger partial charge in [-0.15, -0.1) is 0 Å². The first kappa shape index (κ1) is 9.02. The van der Waals surface area contributed by atoms with Gasteiger partial charge in [0.05, 0.1) is 0 Å². The Morgan fingerprint density at radius 1 is 1.13 bits per heavy atom. The maximum atomic E-state index is 3.24. The first-order valence-corrected chi connectivity index (χ1v) is 5.92. The fourth-order valence-corrected chi connectivity index (χ4v) is 2.69. The van der Waals surface area contributed by atoms with E-state index in [1.54, 1.807) is 0 Å². The molecular formula is C14H16N. The molecule has 1 heteroatoms. The largest absolute Gasteiger partial charge is 0.361 e. The quantitative estimate of drug-likeness (QED) is 0.712. The van der Waals surface area contributed by atoms with E-state index >= 15 is 0 Å². The highest BCUT2D eigenvalue weighted by molar-refractivity contribution is 5.79. The lowest BCUT2D eigenvalue weighted by molar-refractivity contribution is 0.444. The first-order chi connectivity index (χ1) is 7.43. The van der Waals surface area contributed by atoms with Crippen molar-refractivity contribution in [1.82, 2.24) is 4.98 Å². The average Bonchev–Trinajstić information content (AvgIpc) is 2.77. The molecule has 1 heterocycles. The van der Waals surface area contributed by atoms with Crippen molar-refractivity contribution in [2.24, 2.45) is 0 Å². The minimum Gasteiger partial charge on any atom is -0.361 e. The fourth-order valence-electron chi connectivity index (χ4n) is 2.69. The molecule has 0 aliphatic heterocycles. The van der Waals surface area contributed by atoms with Crippen molar-refractivity contribution in [1.29, 1.82) is 0 Å². The Hall–Kier alpha value is -1.24. The van der Waals surface area contributed by atoms with E-state index in [4.69, 9.17) is 0 Å². The summed E-state index contributed by atoms with van der Waals surface area (Å²) in [7, 11) is 0. The van der Waals surface area contributed by atoms with Crippen molar-refractivity contribution in [2.75, 3.05) is 0 Å². The summed E-state index contributed by atoms with van der Waals surface area (Å²) in [6.07, 6.45) is 8.87. The molecule has 0 spiro atoms. The van der Waals surface area contributed by atoms with Crippen LogP contribution >= 0.6 is 0 Å². The van der Waals surface area contributed by atoms with Crippen LogP contribution in [0.25, 0.3) is 10.9 Å². The van der Waals surface area contributed by atoms with Crippen LogP contribution in [-0.2, 0) is 0 Å². The maximum Gasteiger partial charge on any atom is 0.0460 e. The molecule has 1 N–H and O–H groups in total. The highest BCUT2D eigenvalue weighted by Gasteiger charge is 2.15. The third kappa shape index (κ3) is 1.67. The van der Waals surface area contributed by atoms with Crippen LogP contribution in [0.2, 0.25) is 0 Å². The van der Waals surface area contributed by atoms with Crippen molar-refractivity contribution in [3.63, 3.8) is 0 Å². The minimum atomic E-state index is 0.798. The van der Waals surface area contributed by atoms with Gasteiger partial charge in [0.2, 0.25) is 0 Å². The SMILES string of the molecule is [c]1c[nH]c2ccc(C3CCCCC3)cc12. The van der Waals surface area contributed by atoms with Gasteiger partial charge in [0, 0.05) is 23.2 Å². The fraction of sp³-hybridized carbons (Fsp3) is 0.429. The Morgan fingerprint density at radius 3 is 2.87 bits per heavy atom. The van der Waals surface area contributed by atoms with Crippen LogP contribution in [-0.4, -0.2) is 4.98 Å². The summed E-state index contributed by atoms with van der Waals surface area (Å²) < 4.78 is 0. The van der Waals surface area contributed by atoms with Crippen LogP contribution in [0, 0.1) is 6.07 Å². The van der Waals surface area contributed by atoms with Gasteiger partial charge in [-0.05, 0) is 36.5 Å². The van der Waals surface area contributed by atoms with E-state index in [0.29, 0.717) is 0 Å². The van der Waals surface area contributed by atoms with Gasteiger partial charge < -0.3 is 4.98 Å². The zero-order chi connectivity index (χ0) is 10.1. The van der Waals surface area contributed by atoms with Crippen molar-refractivity contribution >= 4 is 10.9 Å². The van der Waals surface area contributed by atoms with Gasteiger partial charge in [0.1, 0.15) is 0 Å². The first-order valence-electron chi connectivity index (χ1n) is 5.92. The van der Waals surface area contributed by atoms with Crippen molar-refractivity contribution in [2.45, 2.75) is 38.0 Å². The average molecular weight is 198 g/mol. The lowest BCUT2D eigenvalue weighted by Crippen LogP contribution is -2.03. The standard InChI is InChI=1S/C14H16N/c1-2-4-11(5-3-1)12-6-7-14-13(10-12)8-9-15-14/h6-7,9-11,15H,1-5H2. The normalized spacial score (nSPS) is 18.4. The molecule has 0 amide bonds. The predicted molar refractivity (Wildman–Crippen MR) is 63.0 cm³/mol. The number of aromatic nitrogens is 1. The summed E-state index contributed by atoms with van der Waals surface area (Å²) in [5.41, 5.74) is 2.72. The van der Waals surface area contributed by atoms with Crippen LogP contribution in [0.15, 0.2) is 24.4 Å². The van der Waals surface area contributed by atoms with E-state index in [2.05, 4.69) is 29.2 Å². The Morgan fingerprint density at radius 2 is 2.00 bits per heavy atom. The van der Waals surface area contributed by atoms with E-state index < -0.39 is 0 Å². The summed E-state index contributed by atoms with van der Waals surface area (Å²) in [4.78, 5) is 3.19. The molecule has 1 nitrogen and oxygen atoms in total. The topological polar surface area (TPSA) is 15.8 Å². The third-order valence-electron chi connectivity index (χ3n) is 3.58. The Kier molecular flexibility index (Phi) is 2.24. The van der Waals surface area contributed by atoms with Gasteiger partial charge in [-0.1, -0.05) is 25.3 Å². The van der Waals surface area contributed by atoms with Crippen LogP contribution in [0.1, 0.15) is 43.6 Å². The molecule has 0 saturated heterocycles. The number of hydrogen-bond donors (Lipinski definition) is 1. The molecule has 3 rings (SSSR count). The molecule has 0 unspecified atom stereocenters. The second kappa shape index (κ2) is 3.73. The van der Waals surface area contributed by atoms with E-state index in [-0.39, 0.29) is 0 Å². The number of aromatic amines is 1. The molecule has 1 aromatic heterocycles.